The first kappa shape index (κ1) is 11.6. The molecule has 2 heteroatoms. The van der Waals surface area contributed by atoms with Crippen molar-refractivity contribution in [3.63, 3.8) is 0 Å². The van der Waals surface area contributed by atoms with Crippen molar-refractivity contribution < 1.29 is 9.47 Å². The summed E-state index contributed by atoms with van der Waals surface area (Å²) in [4.78, 5) is 0. The lowest BCUT2D eigenvalue weighted by Crippen LogP contribution is -2.28. The first-order valence-electron chi connectivity index (χ1n) is 6.66. The smallest absolute Gasteiger partial charge is 0.127 e. The summed E-state index contributed by atoms with van der Waals surface area (Å²) in [5.74, 6) is 2.15. The van der Waals surface area contributed by atoms with Crippen LogP contribution in [0.2, 0.25) is 0 Å². The lowest BCUT2D eigenvalue weighted by Gasteiger charge is -2.36. The van der Waals surface area contributed by atoms with E-state index in [-0.39, 0.29) is 12.2 Å². The molecule has 0 aromatic heterocycles. The first-order valence-corrected chi connectivity index (χ1v) is 6.66. The molecule has 0 bridgehead atoms. The lowest BCUT2D eigenvalue weighted by atomic mass is 9.82. The molecule has 2 heterocycles. The molecular weight excluding hydrogens is 224 g/mol. The Hall–Kier alpha value is -1.44. The highest BCUT2D eigenvalue weighted by Gasteiger charge is 2.33. The molecule has 0 radical (unpaired) electrons. The Labute approximate surface area is 109 Å². The van der Waals surface area contributed by atoms with Gasteiger partial charge in [-0.05, 0) is 62.1 Å². The Balaban J connectivity index is 1.99. The third-order valence-electron chi connectivity index (χ3n) is 4.01. The average Bonchev–Trinajstić information content (AvgIpc) is 2.26. The van der Waals surface area contributed by atoms with E-state index in [9.17, 15) is 0 Å². The van der Waals surface area contributed by atoms with Gasteiger partial charge >= 0.3 is 0 Å². The van der Waals surface area contributed by atoms with Crippen molar-refractivity contribution >= 4 is 0 Å². The lowest BCUT2D eigenvalue weighted by molar-refractivity contribution is 0.0873. The summed E-state index contributed by atoms with van der Waals surface area (Å²) in [5.41, 5.74) is 5.52. The molecule has 0 saturated heterocycles. The molecule has 2 aliphatic heterocycles. The molecule has 0 aromatic rings. The highest BCUT2D eigenvalue weighted by atomic mass is 16.5. The van der Waals surface area contributed by atoms with Crippen LogP contribution in [0, 0.1) is 0 Å². The fraction of sp³-hybridized carbons (Fsp3) is 0.500. The number of ether oxygens (including phenoxy) is 2. The normalized spacial score (nSPS) is 30.9. The molecular formula is C16H20O2. The van der Waals surface area contributed by atoms with Crippen LogP contribution in [0.5, 0.6) is 0 Å². The van der Waals surface area contributed by atoms with Crippen molar-refractivity contribution in [1.29, 1.82) is 0 Å². The van der Waals surface area contributed by atoms with E-state index < -0.39 is 0 Å². The molecule has 2 atom stereocenters. The van der Waals surface area contributed by atoms with E-state index in [1.165, 1.54) is 22.3 Å². The van der Waals surface area contributed by atoms with E-state index in [2.05, 4.69) is 32.9 Å². The maximum Gasteiger partial charge on any atom is 0.127 e. The van der Waals surface area contributed by atoms with Crippen LogP contribution in [-0.4, -0.2) is 12.2 Å². The third kappa shape index (κ3) is 1.80. The van der Waals surface area contributed by atoms with Gasteiger partial charge in [0.05, 0.1) is 5.76 Å². The Morgan fingerprint density at radius 3 is 2.72 bits per heavy atom. The van der Waals surface area contributed by atoms with Crippen LogP contribution in [0.15, 0.2) is 46.0 Å². The Morgan fingerprint density at radius 1 is 1.17 bits per heavy atom. The van der Waals surface area contributed by atoms with E-state index in [4.69, 9.17) is 9.47 Å². The molecule has 0 fully saturated rings. The zero-order chi connectivity index (χ0) is 12.9. The average molecular weight is 244 g/mol. The van der Waals surface area contributed by atoms with E-state index in [0.717, 1.165) is 24.4 Å². The predicted octanol–water partition coefficient (Wildman–Crippen LogP) is 4.02. The second kappa shape index (κ2) is 4.04. The zero-order valence-electron chi connectivity index (χ0n) is 11.5. The van der Waals surface area contributed by atoms with Crippen molar-refractivity contribution in [1.82, 2.24) is 0 Å². The minimum atomic E-state index is 0.187. The monoisotopic (exact) mass is 244 g/mol. The van der Waals surface area contributed by atoms with Gasteiger partial charge in [0, 0.05) is 12.8 Å². The third-order valence-corrected chi connectivity index (χ3v) is 4.01. The molecule has 0 aromatic carbocycles. The Kier molecular flexibility index (Phi) is 2.61. The van der Waals surface area contributed by atoms with Crippen molar-refractivity contribution in [3.8, 4) is 0 Å². The van der Waals surface area contributed by atoms with Crippen LogP contribution in [0.3, 0.4) is 0 Å². The second-order valence-electron chi connectivity index (χ2n) is 5.53. The number of hydrogen-bond acceptors (Lipinski definition) is 2. The minimum Gasteiger partial charge on any atom is -0.491 e. The van der Waals surface area contributed by atoms with E-state index in [1.807, 2.05) is 6.92 Å². The highest BCUT2D eigenvalue weighted by molar-refractivity contribution is 5.46. The Bertz CT molecular complexity index is 517. The maximum absolute atomic E-state index is 5.96. The van der Waals surface area contributed by atoms with Gasteiger partial charge in [-0.3, -0.25) is 0 Å². The molecule has 96 valence electrons. The summed E-state index contributed by atoms with van der Waals surface area (Å²) < 4.78 is 11.9. The topological polar surface area (TPSA) is 18.5 Å². The molecule has 0 spiro atoms. The van der Waals surface area contributed by atoms with Crippen molar-refractivity contribution in [2.24, 2.45) is 0 Å². The fourth-order valence-corrected chi connectivity index (χ4v) is 3.17. The maximum atomic E-state index is 5.96. The van der Waals surface area contributed by atoms with Gasteiger partial charge in [0.25, 0.3) is 0 Å². The van der Waals surface area contributed by atoms with Crippen molar-refractivity contribution in [3.05, 3.63) is 46.0 Å². The second-order valence-corrected chi connectivity index (χ2v) is 5.53. The summed E-state index contributed by atoms with van der Waals surface area (Å²) in [6.07, 6.45) is 6.58. The van der Waals surface area contributed by atoms with Crippen LogP contribution in [-0.2, 0) is 9.47 Å². The number of allylic oxidation sites excluding steroid dienone is 5. The highest BCUT2D eigenvalue weighted by Crippen LogP contribution is 2.42. The van der Waals surface area contributed by atoms with Gasteiger partial charge in [-0.15, -0.1) is 0 Å². The SMILES string of the molecule is CC1=CC(C)=C2CC3=C(CC2O1)OC(C)C=C3C. The van der Waals surface area contributed by atoms with Gasteiger partial charge in [-0.1, -0.05) is 0 Å². The van der Waals surface area contributed by atoms with Crippen LogP contribution in [0.1, 0.15) is 40.5 Å². The van der Waals surface area contributed by atoms with E-state index in [0.29, 0.717) is 0 Å². The molecule has 2 unspecified atom stereocenters. The Morgan fingerprint density at radius 2 is 1.94 bits per heavy atom. The first-order chi connectivity index (χ1) is 8.54. The van der Waals surface area contributed by atoms with Gasteiger partial charge in [-0.2, -0.15) is 0 Å². The molecule has 3 rings (SSSR count). The molecule has 18 heavy (non-hydrogen) atoms. The molecule has 3 aliphatic rings. The molecule has 2 nitrogen and oxygen atoms in total. The van der Waals surface area contributed by atoms with Crippen molar-refractivity contribution in [2.75, 3.05) is 0 Å². The van der Waals surface area contributed by atoms with Crippen LogP contribution >= 0.6 is 0 Å². The van der Waals surface area contributed by atoms with Crippen LogP contribution in [0.4, 0.5) is 0 Å². The number of hydrogen-bond donors (Lipinski definition) is 0. The molecule has 0 amide bonds. The molecule has 1 aliphatic carbocycles. The standard InChI is InChI=1S/C16H20O2/c1-9-5-11(3)17-15-8-16-14(7-13(9)15)10(2)6-12(4)18-16/h5-6,11,16H,7-8H2,1-4H3. The number of fused-ring (bicyclic) bond motifs is 1. The summed E-state index contributed by atoms with van der Waals surface area (Å²) in [6, 6.07) is 0. The van der Waals surface area contributed by atoms with Gasteiger partial charge < -0.3 is 9.47 Å². The summed E-state index contributed by atoms with van der Waals surface area (Å²) in [6.45, 7) is 8.50. The van der Waals surface area contributed by atoms with Gasteiger partial charge in [0.15, 0.2) is 0 Å². The fourth-order valence-electron chi connectivity index (χ4n) is 3.17. The molecule has 0 saturated carbocycles. The minimum absolute atomic E-state index is 0.187. The van der Waals surface area contributed by atoms with Gasteiger partial charge in [0.1, 0.15) is 18.0 Å². The molecule has 0 N–H and O–H groups in total. The zero-order valence-corrected chi connectivity index (χ0v) is 11.5. The van der Waals surface area contributed by atoms with Gasteiger partial charge in [0.2, 0.25) is 0 Å². The quantitative estimate of drug-likeness (QED) is 0.640. The van der Waals surface area contributed by atoms with E-state index in [1.54, 1.807) is 0 Å². The predicted molar refractivity (Wildman–Crippen MR) is 71.9 cm³/mol. The van der Waals surface area contributed by atoms with E-state index >= 15 is 0 Å². The summed E-state index contributed by atoms with van der Waals surface area (Å²) in [5, 5.41) is 0. The van der Waals surface area contributed by atoms with Gasteiger partial charge in [-0.25, -0.2) is 0 Å². The van der Waals surface area contributed by atoms with Crippen molar-refractivity contribution in [2.45, 2.75) is 52.7 Å². The largest absolute Gasteiger partial charge is 0.491 e. The van der Waals surface area contributed by atoms with Crippen LogP contribution < -0.4 is 0 Å². The summed E-state index contributed by atoms with van der Waals surface area (Å²) in [7, 11) is 0. The van der Waals surface area contributed by atoms with Crippen LogP contribution in [0.25, 0.3) is 0 Å². The number of rotatable bonds is 0. The summed E-state index contributed by atoms with van der Waals surface area (Å²) >= 11 is 0.